The van der Waals surface area contributed by atoms with Crippen LogP contribution in [0.15, 0.2) is 22.7 Å². The van der Waals surface area contributed by atoms with Crippen molar-refractivity contribution in [3.05, 3.63) is 27.7 Å². The monoisotopic (exact) mass is 335 g/mol. The van der Waals surface area contributed by atoms with E-state index in [1.807, 2.05) is 0 Å². The minimum absolute atomic E-state index is 0.0765. The first-order valence-corrected chi connectivity index (χ1v) is 6.57. The molecule has 1 N–H and O–H groups in total. The maximum absolute atomic E-state index is 11.7. The van der Waals surface area contributed by atoms with Crippen LogP contribution in [0.25, 0.3) is 0 Å². The van der Waals surface area contributed by atoms with Crippen molar-refractivity contribution >= 4 is 33.4 Å². The van der Waals surface area contributed by atoms with Gasteiger partial charge in [-0.3, -0.25) is 4.79 Å². The van der Waals surface area contributed by atoms with E-state index in [9.17, 15) is 4.79 Å². The molecule has 4 nitrogen and oxygen atoms in total. The van der Waals surface area contributed by atoms with Crippen molar-refractivity contribution < 1.29 is 14.6 Å². The molecule has 0 radical (unpaired) electrons. The minimum atomic E-state index is -0.227. The second-order valence-corrected chi connectivity index (χ2v) is 5.19. The van der Waals surface area contributed by atoms with Crippen molar-refractivity contribution in [3.8, 4) is 5.75 Å². The zero-order chi connectivity index (χ0) is 13.7. The molecule has 0 saturated heterocycles. The fourth-order valence-electron chi connectivity index (χ4n) is 1.20. The predicted molar refractivity (Wildman–Crippen MR) is 74.0 cm³/mol. The molecule has 1 atom stereocenters. The molecule has 1 aromatic rings. The first-order valence-electron chi connectivity index (χ1n) is 5.40. The third-order valence-corrected chi connectivity index (χ3v) is 3.42. The van der Waals surface area contributed by atoms with Gasteiger partial charge in [-0.25, -0.2) is 0 Å². The van der Waals surface area contributed by atoms with E-state index >= 15 is 0 Å². The summed E-state index contributed by atoms with van der Waals surface area (Å²) in [5.74, 6) is 0.358. The van der Waals surface area contributed by atoms with Gasteiger partial charge in [-0.1, -0.05) is 11.6 Å². The molecule has 6 heteroatoms. The van der Waals surface area contributed by atoms with E-state index in [-0.39, 0.29) is 25.2 Å². The lowest BCUT2D eigenvalue weighted by Crippen LogP contribution is -2.40. The molecular weight excluding hydrogens is 321 g/mol. The third-order valence-electron chi connectivity index (χ3n) is 2.56. The second kappa shape index (κ2) is 6.97. The first kappa shape index (κ1) is 15.3. The van der Waals surface area contributed by atoms with Crippen molar-refractivity contribution in [1.82, 2.24) is 4.90 Å². The van der Waals surface area contributed by atoms with E-state index in [0.29, 0.717) is 15.2 Å². The molecule has 100 valence electrons. The van der Waals surface area contributed by atoms with Crippen LogP contribution in [0.2, 0.25) is 5.02 Å². The molecule has 0 bridgehead atoms. The lowest BCUT2D eigenvalue weighted by atomic mass is 10.3. The topological polar surface area (TPSA) is 49.8 Å². The molecular formula is C12H15BrClNO3. The van der Waals surface area contributed by atoms with Crippen LogP contribution in [0.4, 0.5) is 0 Å². The summed E-state index contributed by atoms with van der Waals surface area (Å²) in [6.45, 7) is 1.60. The molecule has 0 saturated carbocycles. The van der Waals surface area contributed by atoms with Gasteiger partial charge >= 0.3 is 0 Å². The lowest BCUT2D eigenvalue weighted by Gasteiger charge is -2.23. The molecule has 0 aliphatic rings. The Bertz CT molecular complexity index is 428. The van der Waals surface area contributed by atoms with E-state index in [4.69, 9.17) is 21.4 Å². The van der Waals surface area contributed by atoms with Gasteiger partial charge in [0.1, 0.15) is 5.75 Å². The molecule has 0 aromatic heterocycles. The average molecular weight is 337 g/mol. The van der Waals surface area contributed by atoms with Crippen molar-refractivity contribution in [2.24, 2.45) is 0 Å². The van der Waals surface area contributed by atoms with Crippen LogP contribution >= 0.6 is 27.5 Å². The molecule has 1 aromatic carbocycles. The first-order chi connectivity index (χ1) is 8.45. The Morgan fingerprint density at radius 3 is 2.83 bits per heavy atom. The number of benzene rings is 1. The van der Waals surface area contributed by atoms with Crippen LogP contribution < -0.4 is 4.74 Å². The maximum atomic E-state index is 11.7. The van der Waals surface area contributed by atoms with Crippen LogP contribution in [0.3, 0.4) is 0 Å². The van der Waals surface area contributed by atoms with Crippen molar-refractivity contribution in [3.63, 3.8) is 0 Å². The third kappa shape index (κ3) is 4.15. The number of aliphatic hydroxyl groups is 1. The van der Waals surface area contributed by atoms with Gasteiger partial charge in [-0.05, 0) is 41.1 Å². The zero-order valence-corrected chi connectivity index (χ0v) is 12.5. The quantitative estimate of drug-likeness (QED) is 0.898. The summed E-state index contributed by atoms with van der Waals surface area (Å²) in [4.78, 5) is 13.2. The standard InChI is InChI=1S/C12H15BrClNO3/c1-8(6-16)15(2)12(17)7-18-11-4-3-9(14)5-10(11)13/h3-5,8,16H,6-7H2,1-2H3. The summed E-state index contributed by atoms with van der Waals surface area (Å²) < 4.78 is 6.09. The summed E-state index contributed by atoms with van der Waals surface area (Å²) in [6.07, 6.45) is 0. The highest BCUT2D eigenvalue weighted by Crippen LogP contribution is 2.27. The van der Waals surface area contributed by atoms with Gasteiger partial charge < -0.3 is 14.7 Å². The van der Waals surface area contributed by atoms with Gasteiger partial charge in [0.25, 0.3) is 5.91 Å². The Morgan fingerprint density at radius 1 is 1.61 bits per heavy atom. The average Bonchev–Trinajstić information content (AvgIpc) is 2.35. The van der Waals surface area contributed by atoms with Gasteiger partial charge in [-0.15, -0.1) is 0 Å². The van der Waals surface area contributed by atoms with E-state index in [0.717, 1.165) is 0 Å². The fraction of sp³-hybridized carbons (Fsp3) is 0.417. The normalized spacial score (nSPS) is 12.1. The molecule has 0 heterocycles. The van der Waals surface area contributed by atoms with Crippen LogP contribution in [-0.4, -0.2) is 42.2 Å². The Morgan fingerprint density at radius 2 is 2.28 bits per heavy atom. The van der Waals surface area contributed by atoms with Crippen LogP contribution in [0, 0.1) is 0 Å². The van der Waals surface area contributed by atoms with Crippen molar-refractivity contribution in [2.75, 3.05) is 20.3 Å². The zero-order valence-electron chi connectivity index (χ0n) is 10.2. The Labute approximate surface area is 120 Å². The SMILES string of the molecule is CC(CO)N(C)C(=O)COc1ccc(Cl)cc1Br. The molecule has 1 amide bonds. The maximum Gasteiger partial charge on any atom is 0.260 e. The van der Waals surface area contributed by atoms with E-state index in [1.54, 1.807) is 32.2 Å². The van der Waals surface area contributed by atoms with E-state index in [1.165, 1.54) is 4.90 Å². The molecule has 0 spiro atoms. The van der Waals surface area contributed by atoms with Crippen molar-refractivity contribution in [2.45, 2.75) is 13.0 Å². The highest BCUT2D eigenvalue weighted by Gasteiger charge is 2.15. The Kier molecular flexibility index (Phi) is 5.91. The number of likely N-dealkylation sites (N-methyl/N-ethyl adjacent to an activating group) is 1. The summed E-state index contributed by atoms with van der Waals surface area (Å²) >= 11 is 9.10. The number of ether oxygens (including phenoxy) is 1. The summed E-state index contributed by atoms with van der Waals surface area (Å²) in [6, 6.07) is 4.85. The number of hydrogen-bond donors (Lipinski definition) is 1. The number of carbonyl (C=O) groups excluding carboxylic acids is 1. The van der Waals surface area contributed by atoms with E-state index in [2.05, 4.69) is 15.9 Å². The number of carbonyl (C=O) groups is 1. The van der Waals surface area contributed by atoms with Crippen molar-refractivity contribution in [1.29, 1.82) is 0 Å². The van der Waals surface area contributed by atoms with E-state index < -0.39 is 0 Å². The molecule has 1 unspecified atom stereocenters. The summed E-state index contributed by atoms with van der Waals surface area (Å²) in [5.41, 5.74) is 0. The Hall–Kier alpha value is -0.780. The molecule has 18 heavy (non-hydrogen) atoms. The number of nitrogens with zero attached hydrogens (tertiary/aromatic N) is 1. The number of rotatable bonds is 5. The highest BCUT2D eigenvalue weighted by molar-refractivity contribution is 9.10. The fourth-order valence-corrected chi connectivity index (χ4v) is 2.00. The number of halogens is 2. The summed E-state index contributed by atoms with van der Waals surface area (Å²) in [7, 11) is 1.63. The van der Waals surface area contributed by atoms with Gasteiger partial charge in [0.05, 0.1) is 17.1 Å². The molecule has 0 aliphatic carbocycles. The molecule has 0 fully saturated rings. The largest absolute Gasteiger partial charge is 0.483 e. The molecule has 0 aliphatic heterocycles. The smallest absolute Gasteiger partial charge is 0.260 e. The second-order valence-electron chi connectivity index (χ2n) is 3.90. The lowest BCUT2D eigenvalue weighted by molar-refractivity contribution is -0.134. The van der Waals surface area contributed by atoms with Gasteiger partial charge in [0.2, 0.25) is 0 Å². The van der Waals surface area contributed by atoms with Crippen LogP contribution in [-0.2, 0) is 4.79 Å². The predicted octanol–water partition coefficient (Wildman–Crippen LogP) is 2.32. The van der Waals surface area contributed by atoms with Gasteiger partial charge in [-0.2, -0.15) is 0 Å². The molecule has 1 rings (SSSR count). The number of hydrogen-bond acceptors (Lipinski definition) is 3. The van der Waals surface area contributed by atoms with Gasteiger partial charge in [0, 0.05) is 12.1 Å². The van der Waals surface area contributed by atoms with Gasteiger partial charge in [0.15, 0.2) is 6.61 Å². The van der Waals surface area contributed by atoms with Crippen LogP contribution in [0.5, 0.6) is 5.75 Å². The highest BCUT2D eigenvalue weighted by atomic mass is 79.9. The summed E-state index contributed by atoms with van der Waals surface area (Å²) in [5, 5.41) is 9.55. The number of amides is 1. The number of aliphatic hydroxyl groups excluding tert-OH is 1. The minimum Gasteiger partial charge on any atom is -0.483 e. The van der Waals surface area contributed by atoms with Crippen LogP contribution in [0.1, 0.15) is 6.92 Å². The Balaban J connectivity index is 2.57.